The van der Waals surface area contributed by atoms with Gasteiger partial charge in [0.15, 0.2) is 0 Å². The quantitative estimate of drug-likeness (QED) is 0.496. The van der Waals surface area contributed by atoms with Gasteiger partial charge in [0, 0.05) is 45.7 Å². The molecule has 5 nitrogen and oxygen atoms in total. The summed E-state index contributed by atoms with van der Waals surface area (Å²) in [6.07, 6.45) is 3.30. The summed E-state index contributed by atoms with van der Waals surface area (Å²) in [7, 11) is 0. The van der Waals surface area contributed by atoms with Gasteiger partial charge >= 0.3 is 0 Å². The van der Waals surface area contributed by atoms with Gasteiger partial charge < -0.3 is 15.6 Å². The zero-order valence-corrected chi connectivity index (χ0v) is 16.1. The Morgan fingerprint density at radius 1 is 0.966 bits per heavy atom. The molecule has 0 spiro atoms. The number of nitrogens with zero attached hydrogens (tertiary/aromatic N) is 1. The van der Waals surface area contributed by atoms with Gasteiger partial charge in [-0.2, -0.15) is 0 Å². The van der Waals surface area contributed by atoms with E-state index >= 15 is 0 Å². The Labute approximate surface area is 168 Å². The van der Waals surface area contributed by atoms with E-state index in [1.165, 1.54) is 27.9 Å². The van der Waals surface area contributed by atoms with Crippen molar-refractivity contribution in [2.75, 3.05) is 5.32 Å². The molecule has 1 heterocycles. The molecule has 2 amide bonds. The molecule has 4 rings (SSSR count). The molecule has 29 heavy (non-hydrogen) atoms. The van der Waals surface area contributed by atoms with E-state index in [-0.39, 0.29) is 5.91 Å². The average Bonchev–Trinajstić information content (AvgIpc) is 3.05. The zero-order chi connectivity index (χ0) is 20.4. The van der Waals surface area contributed by atoms with Crippen molar-refractivity contribution in [3.63, 3.8) is 0 Å². The van der Waals surface area contributed by atoms with Crippen LogP contribution in [0.3, 0.4) is 0 Å². The molecule has 0 atom stereocenters. The Hall–Kier alpha value is -3.86. The highest BCUT2D eigenvalue weighted by molar-refractivity contribution is 6.09. The third-order valence-electron chi connectivity index (χ3n) is 4.98. The molecule has 0 aliphatic rings. The van der Waals surface area contributed by atoms with Gasteiger partial charge in [0.05, 0.1) is 0 Å². The topological polar surface area (TPSA) is 77.1 Å². The minimum atomic E-state index is -0.498. The molecule has 0 bridgehead atoms. The van der Waals surface area contributed by atoms with Gasteiger partial charge in [-0.1, -0.05) is 24.3 Å². The number of primary amides is 1. The molecule has 5 heteroatoms. The fraction of sp³-hybridized carbons (Fsp3) is 0.0833. The molecule has 144 valence electrons. The maximum Gasteiger partial charge on any atom is 0.248 e. The summed E-state index contributed by atoms with van der Waals surface area (Å²) >= 11 is 0. The van der Waals surface area contributed by atoms with E-state index in [2.05, 4.69) is 47.1 Å². The van der Waals surface area contributed by atoms with Crippen LogP contribution >= 0.6 is 0 Å². The van der Waals surface area contributed by atoms with Crippen molar-refractivity contribution in [3.8, 4) is 0 Å². The lowest BCUT2D eigenvalue weighted by molar-refractivity contribution is -0.111. The molecule has 1 aromatic heterocycles. The van der Waals surface area contributed by atoms with Gasteiger partial charge in [0.2, 0.25) is 11.8 Å². The van der Waals surface area contributed by atoms with Crippen molar-refractivity contribution in [1.29, 1.82) is 0 Å². The standard InChI is InChI=1S/C24H21N3O2/c1-2-27-21-6-4-3-5-19(21)20-15-16(7-13-22(20)27)8-14-23(28)26-18-11-9-17(10-12-18)24(25)29/h3-15H,2H2,1H3,(H2,25,29)(H,26,28)/b14-8+. The van der Waals surface area contributed by atoms with E-state index in [1.54, 1.807) is 30.3 Å². The SMILES string of the molecule is CCn1c2ccccc2c2cc(/C=C/C(=O)Nc3ccc(C(N)=O)cc3)ccc21. The molecule has 3 aromatic carbocycles. The summed E-state index contributed by atoms with van der Waals surface area (Å²) in [4.78, 5) is 23.3. The number of anilines is 1. The van der Waals surface area contributed by atoms with Crippen LogP contribution < -0.4 is 11.1 Å². The summed E-state index contributed by atoms with van der Waals surface area (Å²) in [6.45, 7) is 3.04. The second-order valence-electron chi connectivity index (χ2n) is 6.80. The lowest BCUT2D eigenvalue weighted by Crippen LogP contribution is -2.11. The summed E-state index contributed by atoms with van der Waals surface area (Å²) in [5.74, 6) is -0.740. The number of hydrogen-bond donors (Lipinski definition) is 2. The first kappa shape index (κ1) is 18.5. The van der Waals surface area contributed by atoms with Crippen LogP contribution in [0, 0.1) is 0 Å². The van der Waals surface area contributed by atoms with Crippen LogP contribution in [0.2, 0.25) is 0 Å². The number of amides is 2. The minimum Gasteiger partial charge on any atom is -0.366 e. The third kappa shape index (κ3) is 3.62. The lowest BCUT2D eigenvalue weighted by atomic mass is 10.1. The van der Waals surface area contributed by atoms with Gasteiger partial charge in [0.25, 0.3) is 0 Å². The van der Waals surface area contributed by atoms with Crippen molar-refractivity contribution in [1.82, 2.24) is 4.57 Å². The highest BCUT2D eigenvalue weighted by atomic mass is 16.1. The largest absolute Gasteiger partial charge is 0.366 e. The summed E-state index contributed by atoms with van der Waals surface area (Å²) in [5, 5.41) is 5.16. The second kappa shape index (κ2) is 7.64. The lowest BCUT2D eigenvalue weighted by Gasteiger charge is -2.03. The van der Waals surface area contributed by atoms with Gasteiger partial charge in [-0.15, -0.1) is 0 Å². The van der Waals surface area contributed by atoms with E-state index in [9.17, 15) is 9.59 Å². The number of nitrogens with two attached hydrogens (primary N) is 1. The van der Waals surface area contributed by atoms with Crippen LogP contribution in [0.25, 0.3) is 27.9 Å². The number of aryl methyl sites for hydroxylation is 1. The second-order valence-corrected chi connectivity index (χ2v) is 6.80. The number of aromatic nitrogens is 1. The smallest absolute Gasteiger partial charge is 0.248 e. The van der Waals surface area contributed by atoms with Crippen LogP contribution in [0.15, 0.2) is 72.8 Å². The van der Waals surface area contributed by atoms with Gasteiger partial charge in [-0.3, -0.25) is 9.59 Å². The molecule has 0 saturated heterocycles. The molecule has 0 radical (unpaired) electrons. The van der Waals surface area contributed by atoms with Gasteiger partial charge in [0.1, 0.15) is 0 Å². The van der Waals surface area contributed by atoms with Gasteiger partial charge in [-0.05, 0) is 61.0 Å². The maximum atomic E-state index is 12.2. The Bertz CT molecular complexity index is 1250. The first-order valence-corrected chi connectivity index (χ1v) is 9.46. The van der Waals surface area contributed by atoms with Crippen LogP contribution in [-0.4, -0.2) is 16.4 Å². The number of para-hydroxylation sites is 1. The molecule has 0 aliphatic carbocycles. The van der Waals surface area contributed by atoms with E-state index in [1.807, 2.05) is 12.1 Å². The Morgan fingerprint density at radius 2 is 1.69 bits per heavy atom. The molecule has 0 aliphatic heterocycles. The highest BCUT2D eigenvalue weighted by Crippen LogP contribution is 2.29. The number of fused-ring (bicyclic) bond motifs is 3. The van der Waals surface area contributed by atoms with Crippen LogP contribution in [-0.2, 0) is 11.3 Å². The first-order chi connectivity index (χ1) is 14.1. The predicted octanol–water partition coefficient (Wildman–Crippen LogP) is 4.57. The number of hydrogen-bond acceptors (Lipinski definition) is 2. The fourth-order valence-corrected chi connectivity index (χ4v) is 3.59. The Kier molecular flexibility index (Phi) is 4.87. The predicted molar refractivity (Wildman–Crippen MR) is 118 cm³/mol. The molecule has 0 unspecified atom stereocenters. The van der Waals surface area contributed by atoms with Crippen molar-refractivity contribution in [3.05, 3.63) is 83.9 Å². The molecule has 3 N–H and O–H groups in total. The van der Waals surface area contributed by atoms with Crippen molar-refractivity contribution in [2.45, 2.75) is 13.5 Å². The monoisotopic (exact) mass is 383 g/mol. The highest BCUT2D eigenvalue weighted by Gasteiger charge is 2.09. The molecular weight excluding hydrogens is 362 g/mol. The fourth-order valence-electron chi connectivity index (χ4n) is 3.59. The summed E-state index contributed by atoms with van der Waals surface area (Å²) in [6, 6.07) is 21.0. The number of benzene rings is 3. The zero-order valence-electron chi connectivity index (χ0n) is 16.1. The first-order valence-electron chi connectivity index (χ1n) is 9.46. The van der Waals surface area contributed by atoms with Crippen LogP contribution in [0.5, 0.6) is 0 Å². The number of nitrogens with one attached hydrogen (secondary N) is 1. The summed E-state index contributed by atoms with van der Waals surface area (Å²) in [5.41, 5.74) is 9.58. The van der Waals surface area contributed by atoms with Crippen molar-refractivity contribution in [2.24, 2.45) is 5.73 Å². The number of carbonyl (C=O) groups excluding carboxylic acids is 2. The molecule has 0 saturated carbocycles. The molecule has 0 fully saturated rings. The van der Waals surface area contributed by atoms with Crippen molar-refractivity contribution < 1.29 is 9.59 Å². The van der Waals surface area contributed by atoms with E-state index in [0.717, 1.165) is 12.1 Å². The minimum absolute atomic E-state index is 0.243. The molecule has 4 aromatic rings. The summed E-state index contributed by atoms with van der Waals surface area (Å²) < 4.78 is 2.29. The average molecular weight is 383 g/mol. The van der Waals surface area contributed by atoms with E-state index in [0.29, 0.717) is 11.3 Å². The number of rotatable bonds is 5. The van der Waals surface area contributed by atoms with Crippen molar-refractivity contribution >= 4 is 45.4 Å². The third-order valence-corrected chi connectivity index (χ3v) is 4.98. The maximum absolute atomic E-state index is 12.2. The van der Waals surface area contributed by atoms with E-state index in [4.69, 9.17) is 5.73 Å². The molecular formula is C24H21N3O2. The van der Waals surface area contributed by atoms with Crippen LogP contribution in [0.1, 0.15) is 22.8 Å². The normalized spacial score (nSPS) is 11.3. The van der Waals surface area contributed by atoms with Gasteiger partial charge in [-0.25, -0.2) is 0 Å². The van der Waals surface area contributed by atoms with E-state index < -0.39 is 5.91 Å². The number of carbonyl (C=O) groups is 2. The van der Waals surface area contributed by atoms with Crippen LogP contribution in [0.4, 0.5) is 5.69 Å². The Balaban J connectivity index is 1.57. The Morgan fingerprint density at radius 3 is 2.41 bits per heavy atom.